The van der Waals surface area contributed by atoms with Gasteiger partial charge in [-0.25, -0.2) is 4.79 Å². The summed E-state index contributed by atoms with van der Waals surface area (Å²) in [6, 6.07) is 7.12. The number of nitrogens with one attached hydrogen (secondary N) is 1. The number of carbonyl (C=O) groups excluding carboxylic acids is 2. The molecule has 0 aromatic heterocycles. The Morgan fingerprint density at radius 1 is 1.12 bits per heavy atom. The molecule has 0 spiro atoms. The van der Waals surface area contributed by atoms with Crippen molar-refractivity contribution in [3.8, 4) is 5.75 Å². The Morgan fingerprint density at radius 2 is 1.75 bits per heavy atom. The van der Waals surface area contributed by atoms with Crippen LogP contribution in [0.3, 0.4) is 0 Å². The number of benzene rings is 1. The molecule has 0 radical (unpaired) electrons. The molecule has 6 nitrogen and oxygen atoms in total. The van der Waals surface area contributed by atoms with E-state index < -0.39 is 11.7 Å². The Morgan fingerprint density at radius 3 is 2.33 bits per heavy atom. The number of rotatable bonds is 7. The first-order valence-corrected chi connectivity index (χ1v) is 8.26. The van der Waals surface area contributed by atoms with Crippen molar-refractivity contribution in [1.82, 2.24) is 10.2 Å². The lowest BCUT2D eigenvalue weighted by Crippen LogP contribution is -2.35. The predicted octanol–water partition coefficient (Wildman–Crippen LogP) is 3.07. The third-order valence-corrected chi connectivity index (χ3v) is 3.20. The van der Waals surface area contributed by atoms with E-state index in [2.05, 4.69) is 5.32 Å². The smallest absolute Gasteiger partial charge is 0.407 e. The summed E-state index contributed by atoms with van der Waals surface area (Å²) in [5.74, 6) is 0.455. The molecular formula is C18H28N2O4. The number of ether oxygens (including phenoxy) is 2. The maximum Gasteiger partial charge on any atom is 0.407 e. The van der Waals surface area contributed by atoms with Crippen molar-refractivity contribution in [1.29, 1.82) is 0 Å². The van der Waals surface area contributed by atoms with Gasteiger partial charge in [0.25, 0.3) is 5.91 Å². The van der Waals surface area contributed by atoms with E-state index in [0.717, 1.165) is 0 Å². The van der Waals surface area contributed by atoms with Crippen molar-refractivity contribution in [2.24, 2.45) is 0 Å². The quantitative estimate of drug-likeness (QED) is 0.777. The van der Waals surface area contributed by atoms with Crippen molar-refractivity contribution in [2.75, 3.05) is 26.2 Å². The van der Waals surface area contributed by atoms with Gasteiger partial charge < -0.3 is 19.7 Å². The minimum atomic E-state index is -0.534. The normalized spacial score (nSPS) is 10.9. The summed E-state index contributed by atoms with van der Waals surface area (Å²) < 4.78 is 10.8. The number of hydrogen-bond acceptors (Lipinski definition) is 4. The molecule has 0 heterocycles. The van der Waals surface area contributed by atoms with Crippen molar-refractivity contribution < 1.29 is 19.1 Å². The van der Waals surface area contributed by atoms with Gasteiger partial charge in [-0.3, -0.25) is 4.79 Å². The van der Waals surface area contributed by atoms with E-state index in [4.69, 9.17) is 9.47 Å². The Balaban J connectivity index is 2.57. The van der Waals surface area contributed by atoms with Gasteiger partial charge in [0.05, 0.1) is 12.1 Å². The largest absolute Gasteiger partial charge is 0.491 e. The van der Waals surface area contributed by atoms with E-state index in [0.29, 0.717) is 30.9 Å². The van der Waals surface area contributed by atoms with Crippen LogP contribution in [0.5, 0.6) is 5.75 Å². The third-order valence-electron chi connectivity index (χ3n) is 3.20. The molecule has 0 bridgehead atoms. The second-order valence-electron chi connectivity index (χ2n) is 6.25. The lowest BCUT2D eigenvalue weighted by molar-refractivity contribution is 0.0519. The lowest BCUT2D eigenvalue weighted by atomic mass is 10.1. The topological polar surface area (TPSA) is 67.9 Å². The highest BCUT2D eigenvalue weighted by atomic mass is 16.6. The second-order valence-corrected chi connectivity index (χ2v) is 6.25. The molecular weight excluding hydrogens is 308 g/mol. The van der Waals surface area contributed by atoms with Gasteiger partial charge >= 0.3 is 6.09 Å². The summed E-state index contributed by atoms with van der Waals surface area (Å²) in [6.07, 6.45) is -0.487. The molecule has 1 aromatic carbocycles. The van der Waals surface area contributed by atoms with E-state index in [1.807, 2.05) is 26.0 Å². The monoisotopic (exact) mass is 336 g/mol. The molecule has 1 aromatic rings. The third kappa shape index (κ3) is 6.48. The van der Waals surface area contributed by atoms with Crippen LogP contribution in [0.2, 0.25) is 0 Å². The maximum atomic E-state index is 12.5. The summed E-state index contributed by atoms with van der Waals surface area (Å²) >= 11 is 0. The fraction of sp³-hybridized carbons (Fsp3) is 0.556. The Hall–Kier alpha value is -2.24. The van der Waals surface area contributed by atoms with Crippen molar-refractivity contribution >= 4 is 12.0 Å². The van der Waals surface area contributed by atoms with E-state index in [1.165, 1.54) is 0 Å². The fourth-order valence-corrected chi connectivity index (χ4v) is 2.08. The molecule has 2 amide bonds. The van der Waals surface area contributed by atoms with Crippen LogP contribution >= 0.6 is 0 Å². The van der Waals surface area contributed by atoms with Crippen molar-refractivity contribution in [3.63, 3.8) is 0 Å². The SMILES string of the molecule is CCN(CC)C(=O)c1ccccc1OCCNC(=O)OC(C)(C)C. The van der Waals surface area contributed by atoms with Crippen LogP contribution in [0.1, 0.15) is 45.0 Å². The van der Waals surface area contributed by atoms with Gasteiger partial charge in [-0.15, -0.1) is 0 Å². The van der Waals surface area contributed by atoms with E-state index >= 15 is 0 Å². The van der Waals surface area contributed by atoms with E-state index in [-0.39, 0.29) is 12.5 Å². The maximum absolute atomic E-state index is 12.5. The minimum Gasteiger partial charge on any atom is -0.491 e. The van der Waals surface area contributed by atoms with Crippen LogP contribution in [-0.2, 0) is 4.74 Å². The molecule has 0 atom stereocenters. The van der Waals surface area contributed by atoms with Crippen LogP contribution < -0.4 is 10.1 Å². The number of carbonyl (C=O) groups is 2. The molecule has 134 valence electrons. The zero-order valence-electron chi connectivity index (χ0n) is 15.2. The number of alkyl carbamates (subject to hydrolysis) is 1. The molecule has 0 unspecified atom stereocenters. The summed E-state index contributed by atoms with van der Waals surface area (Å²) in [6.45, 7) is 11.1. The average Bonchev–Trinajstić information content (AvgIpc) is 2.51. The molecule has 0 saturated carbocycles. The van der Waals surface area contributed by atoms with Crippen molar-refractivity contribution in [2.45, 2.75) is 40.2 Å². The molecule has 0 aliphatic carbocycles. The van der Waals surface area contributed by atoms with E-state index in [1.54, 1.807) is 37.8 Å². The predicted molar refractivity (Wildman–Crippen MR) is 93.4 cm³/mol. The summed E-state index contributed by atoms with van der Waals surface area (Å²) in [5.41, 5.74) is -0.00765. The van der Waals surface area contributed by atoms with Crippen molar-refractivity contribution in [3.05, 3.63) is 29.8 Å². The first kappa shape index (κ1) is 19.8. The van der Waals surface area contributed by atoms with E-state index in [9.17, 15) is 9.59 Å². The number of amides is 2. The fourth-order valence-electron chi connectivity index (χ4n) is 2.08. The van der Waals surface area contributed by atoms with Crippen LogP contribution in [-0.4, -0.2) is 48.7 Å². The lowest BCUT2D eigenvalue weighted by Gasteiger charge is -2.21. The number of para-hydroxylation sites is 1. The first-order chi connectivity index (χ1) is 11.3. The molecule has 0 saturated heterocycles. The standard InChI is InChI=1S/C18H28N2O4/c1-6-20(7-2)16(21)14-10-8-9-11-15(14)23-13-12-19-17(22)24-18(3,4)5/h8-11H,6-7,12-13H2,1-5H3,(H,19,22). The average molecular weight is 336 g/mol. The Kier molecular flexibility index (Phi) is 7.55. The molecule has 1 N–H and O–H groups in total. The molecule has 24 heavy (non-hydrogen) atoms. The second kappa shape index (κ2) is 9.15. The zero-order valence-corrected chi connectivity index (χ0v) is 15.2. The number of hydrogen-bond donors (Lipinski definition) is 1. The van der Waals surface area contributed by atoms with Crippen LogP contribution in [0.15, 0.2) is 24.3 Å². The zero-order chi connectivity index (χ0) is 18.2. The minimum absolute atomic E-state index is 0.0595. The van der Waals surface area contributed by atoms with Gasteiger partial charge in [0.1, 0.15) is 18.0 Å². The van der Waals surface area contributed by atoms with Gasteiger partial charge in [0, 0.05) is 13.1 Å². The van der Waals surface area contributed by atoms with Gasteiger partial charge in [-0.1, -0.05) is 12.1 Å². The highest BCUT2D eigenvalue weighted by Crippen LogP contribution is 2.19. The van der Waals surface area contributed by atoms with Gasteiger partial charge in [-0.2, -0.15) is 0 Å². The summed E-state index contributed by atoms with van der Waals surface area (Å²) in [5, 5.41) is 2.62. The van der Waals surface area contributed by atoms with Gasteiger partial charge in [-0.05, 0) is 46.8 Å². The van der Waals surface area contributed by atoms with Crippen LogP contribution in [0.4, 0.5) is 4.79 Å². The van der Waals surface area contributed by atoms with Crippen LogP contribution in [0.25, 0.3) is 0 Å². The Labute approximate surface area is 144 Å². The Bertz CT molecular complexity index is 548. The highest BCUT2D eigenvalue weighted by Gasteiger charge is 2.18. The summed E-state index contributed by atoms with van der Waals surface area (Å²) in [4.78, 5) is 25.8. The molecule has 6 heteroatoms. The molecule has 0 fully saturated rings. The van der Waals surface area contributed by atoms with Gasteiger partial charge in [0.2, 0.25) is 0 Å². The summed E-state index contributed by atoms with van der Waals surface area (Å²) in [7, 11) is 0. The van der Waals surface area contributed by atoms with Crippen LogP contribution in [0, 0.1) is 0 Å². The highest BCUT2D eigenvalue weighted by molar-refractivity contribution is 5.96. The first-order valence-electron chi connectivity index (χ1n) is 8.26. The molecule has 0 aliphatic rings. The molecule has 0 aliphatic heterocycles. The van der Waals surface area contributed by atoms with Gasteiger partial charge in [0.15, 0.2) is 0 Å². The number of nitrogens with zero attached hydrogens (tertiary/aromatic N) is 1. The molecule has 1 rings (SSSR count).